The molecule has 2 aromatic rings. The summed E-state index contributed by atoms with van der Waals surface area (Å²) in [4.78, 5) is 31.8. The minimum atomic E-state index is -0.423. The zero-order valence-corrected chi connectivity index (χ0v) is 15.4. The largest absolute Gasteiger partial charge is 0.452 e. The molecule has 0 bridgehead atoms. The lowest BCUT2D eigenvalue weighted by atomic mass is 9.97. The van der Waals surface area contributed by atoms with E-state index in [0.29, 0.717) is 31.9 Å². The van der Waals surface area contributed by atoms with Crippen LogP contribution in [0.4, 0.5) is 0 Å². The molecule has 142 valence electrons. The van der Waals surface area contributed by atoms with Crippen LogP contribution in [-0.4, -0.2) is 54.7 Å². The van der Waals surface area contributed by atoms with Gasteiger partial charge in [-0.2, -0.15) is 0 Å². The minimum absolute atomic E-state index is 0.170. The standard InChI is InChI=1S/C21H24N2O4/c24-19(23-10-12-26-13-11-23)14-27-21(25)20-15-6-2-1-3-8-17(15)22-18-9-5-4-7-16(18)20/h4-5,7,9H,1-3,6,8,10-14H2. The summed E-state index contributed by atoms with van der Waals surface area (Å²) in [6.45, 7) is 1.92. The number of carbonyl (C=O) groups excluding carboxylic acids is 2. The van der Waals surface area contributed by atoms with Crippen molar-refractivity contribution in [2.45, 2.75) is 32.1 Å². The average Bonchev–Trinajstić information content (AvgIpc) is 2.95. The third-order valence-corrected chi connectivity index (χ3v) is 5.31. The van der Waals surface area contributed by atoms with Gasteiger partial charge in [-0.15, -0.1) is 0 Å². The number of nitrogens with zero attached hydrogens (tertiary/aromatic N) is 2. The number of esters is 1. The van der Waals surface area contributed by atoms with Crippen molar-refractivity contribution in [3.05, 3.63) is 41.1 Å². The molecule has 1 aromatic carbocycles. The topological polar surface area (TPSA) is 68.7 Å². The number of ether oxygens (including phenoxy) is 2. The van der Waals surface area contributed by atoms with Gasteiger partial charge in [-0.05, 0) is 37.3 Å². The summed E-state index contributed by atoms with van der Waals surface area (Å²) in [5.74, 6) is -0.593. The van der Waals surface area contributed by atoms with Crippen molar-refractivity contribution in [2.75, 3.05) is 32.9 Å². The van der Waals surface area contributed by atoms with E-state index >= 15 is 0 Å². The minimum Gasteiger partial charge on any atom is -0.452 e. The van der Waals surface area contributed by atoms with Gasteiger partial charge in [0.2, 0.25) is 0 Å². The van der Waals surface area contributed by atoms with Gasteiger partial charge in [0.15, 0.2) is 6.61 Å². The number of aryl methyl sites for hydroxylation is 1. The Morgan fingerprint density at radius 1 is 1.07 bits per heavy atom. The van der Waals surface area contributed by atoms with E-state index in [1.165, 1.54) is 0 Å². The molecular formula is C21H24N2O4. The smallest absolute Gasteiger partial charge is 0.339 e. The first-order valence-electron chi connectivity index (χ1n) is 9.67. The SMILES string of the molecule is O=C(OCC(=O)N1CCOCC1)c1c2c(nc3ccccc13)CCCCC2. The number of hydrogen-bond acceptors (Lipinski definition) is 5. The Labute approximate surface area is 158 Å². The second-order valence-electron chi connectivity index (χ2n) is 7.06. The molecule has 0 atom stereocenters. The van der Waals surface area contributed by atoms with Gasteiger partial charge in [-0.3, -0.25) is 9.78 Å². The number of carbonyl (C=O) groups is 2. The summed E-state index contributed by atoms with van der Waals surface area (Å²) in [6.07, 6.45) is 4.97. The molecule has 0 N–H and O–H groups in total. The van der Waals surface area contributed by atoms with Gasteiger partial charge in [0.1, 0.15) is 0 Å². The molecule has 0 spiro atoms. The molecule has 1 fully saturated rings. The number of para-hydroxylation sites is 1. The molecular weight excluding hydrogens is 344 g/mol. The number of fused-ring (bicyclic) bond motifs is 2. The summed E-state index contributed by atoms with van der Waals surface area (Å²) < 4.78 is 10.7. The van der Waals surface area contributed by atoms with E-state index in [2.05, 4.69) is 0 Å². The maximum atomic E-state index is 13.0. The first-order chi connectivity index (χ1) is 13.2. The number of benzene rings is 1. The number of hydrogen-bond donors (Lipinski definition) is 0. The average molecular weight is 368 g/mol. The van der Waals surface area contributed by atoms with E-state index in [0.717, 1.165) is 54.3 Å². The third kappa shape index (κ3) is 3.81. The van der Waals surface area contributed by atoms with Crippen molar-refractivity contribution in [3.63, 3.8) is 0 Å². The zero-order chi connectivity index (χ0) is 18.6. The lowest BCUT2D eigenvalue weighted by molar-refractivity contribution is -0.138. The number of aromatic nitrogens is 1. The van der Waals surface area contributed by atoms with E-state index in [1.54, 1.807) is 4.90 Å². The Morgan fingerprint density at radius 2 is 1.85 bits per heavy atom. The number of morpholine rings is 1. The zero-order valence-electron chi connectivity index (χ0n) is 15.4. The molecule has 1 aliphatic heterocycles. The fourth-order valence-electron chi connectivity index (χ4n) is 3.89. The van der Waals surface area contributed by atoms with Crippen LogP contribution in [0.15, 0.2) is 24.3 Å². The lowest BCUT2D eigenvalue weighted by Crippen LogP contribution is -2.42. The Morgan fingerprint density at radius 3 is 2.70 bits per heavy atom. The van der Waals surface area contributed by atoms with E-state index in [1.807, 2.05) is 24.3 Å². The molecule has 2 heterocycles. The van der Waals surface area contributed by atoms with Crippen LogP contribution in [0.5, 0.6) is 0 Å². The van der Waals surface area contributed by atoms with Gasteiger partial charge in [-0.1, -0.05) is 24.6 Å². The number of rotatable bonds is 3. The molecule has 2 aliphatic rings. The summed E-state index contributed by atoms with van der Waals surface area (Å²) in [6, 6.07) is 7.67. The van der Waals surface area contributed by atoms with Gasteiger partial charge in [0, 0.05) is 24.2 Å². The fourth-order valence-corrected chi connectivity index (χ4v) is 3.89. The van der Waals surface area contributed by atoms with Gasteiger partial charge in [0.25, 0.3) is 5.91 Å². The molecule has 0 radical (unpaired) electrons. The first-order valence-corrected chi connectivity index (χ1v) is 9.67. The van der Waals surface area contributed by atoms with Crippen LogP contribution in [0.3, 0.4) is 0 Å². The van der Waals surface area contributed by atoms with Crippen molar-refractivity contribution in [2.24, 2.45) is 0 Å². The van der Waals surface area contributed by atoms with Crippen LogP contribution in [0.25, 0.3) is 10.9 Å². The highest BCUT2D eigenvalue weighted by molar-refractivity contribution is 6.05. The Kier molecular flexibility index (Phi) is 5.34. The summed E-state index contributed by atoms with van der Waals surface area (Å²) in [5, 5.41) is 0.807. The second kappa shape index (κ2) is 8.05. The second-order valence-corrected chi connectivity index (χ2v) is 7.06. The van der Waals surface area contributed by atoms with Crippen LogP contribution < -0.4 is 0 Å². The molecule has 0 saturated carbocycles. The number of pyridine rings is 1. The Hall–Kier alpha value is -2.47. The van der Waals surface area contributed by atoms with Gasteiger partial charge >= 0.3 is 5.97 Å². The predicted octanol–water partition coefficient (Wildman–Crippen LogP) is 2.52. The fraction of sp³-hybridized carbons (Fsp3) is 0.476. The molecule has 1 saturated heterocycles. The number of amides is 1. The molecule has 4 rings (SSSR count). The normalized spacial score (nSPS) is 17.3. The van der Waals surface area contributed by atoms with E-state index in [9.17, 15) is 9.59 Å². The first kappa shape index (κ1) is 17.9. The van der Waals surface area contributed by atoms with E-state index in [-0.39, 0.29) is 12.5 Å². The van der Waals surface area contributed by atoms with Crippen molar-refractivity contribution in [1.29, 1.82) is 0 Å². The Balaban J connectivity index is 1.60. The van der Waals surface area contributed by atoms with Crippen LogP contribution in [0, 0.1) is 0 Å². The summed E-state index contributed by atoms with van der Waals surface area (Å²) >= 11 is 0. The van der Waals surface area contributed by atoms with Crippen LogP contribution in [0.2, 0.25) is 0 Å². The highest BCUT2D eigenvalue weighted by atomic mass is 16.5. The molecule has 1 amide bonds. The van der Waals surface area contributed by atoms with E-state index in [4.69, 9.17) is 14.5 Å². The summed E-state index contributed by atoms with van der Waals surface area (Å²) in [5.41, 5.74) is 3.39. The van der Waals surface area contributed by atoms with Gasteiger partial charge in [-0.25, -0.2) is 4.79 Å². The maximum Gasteiger partial charge on any atom is 0.339 e. The van der Waals surface area contributed by atoms with E-state index < -0.39 is 5.97 Å². The van der Waals surface area contributed by atoms with Crippen LogP contribution >= 0.6 is 0 Å². The molecule has 27 heavy (non-hydrogen) atoms. The lowest BCUT2D eigenvalue weighted by Gasteiger charge is -2.26. The predicted molar refractivity (Wildman–Crippen MR) is 101 cm³/mol. The molecule has 1 aliphatic carbocycles. The quantitative estimate of drug-likeness (QED) is 0.615. The van der Waals surface area contributed by atoms with Gasteiger partial charge < -0.3 is 14.4 Å². The van der Waals surface area contributed by atoms with Crippen LogP contribution in [0.1, 0.15) is 40.9 Å². The van der Waals surface area contributed by atoms with Crippen molar-refractivity contribution < 1.29 is 19.1 Å². The molecule has 6 nitrogen and oxygen atoms in total. The highest BCUT2D eigenvalue weighted by Crippen LogP contribution is 2.29. The van der Waals surface area contributed by atoms with Crippen molar-refractivity contribution >= 4 is 22.8 Å². The van der Waals surface area contributed by atoms with Crippen molar-refractivity contribution in [3.8, 4) is 0 Å². The van der Waals surface area contributed by atoms with Crippen LogP contribution in [-0.2, 0) is 27.1 Å². The van der Waals surface area contributed by atoms with Crippen molar-refractivity contribution in [1.82, 2.24) is 9.88 Å². The molecule has 0 unspecified atom stereocenters. The maximum absolute atomic E-state index is 13.0. The molecule has 6 heteroatoms. The monoisotopic (exact) mass is 368 g/mol. The highest BCUT2D eigenvalue weighted by Gasteiger charge is 2.24. The van der Waals surface area contributed by atoms with Gasteiger partial charge in [0.05, 0.1) is 24.3 Å². The summed E-state index contributed by atoms with van der Waals surface area (Å²) in [7, 11) is 0. The molecule has 1 aromatic heterocycles. The Bertz CT molecular complexity index is 859. The third-order valence-electron chi connectivity index (χ3n) is 5.31.